The Morgan fingerprint density at radius 1 is 0.882 bits per heavy atom. The van der Waals surface area contributed by atoms with Crippen LogP contribution in [0.25, 0.3) is 0 Å². The highest BCUT2D eigenvalue weighted by Gasteiger charge is 2.31. The van der Waals surface area contributed by atoms with Gasteiger partial charge in [-0.3, -0.25) is 9.59 Å². The Hall–Kier alpha value is -3.93. The summed E-state index contributed by atoms with van der Waals surface area (Å²) in [7, 11) is 0. The van der Waals surface area contributed by atoms with Crippen LogP contribution in [-0.4, -0.2) is 35.8 Å². The molecule has 0 aliphatic carbocycles. The molecule has 3 aromatic rings. The molecule has 5 rings (SSSR count). The van der Waals surface area contributed by atoms with Gasteiger partial charge in [-0.2, -0.15) is 0 Å². The Morgan fingerprint density at radius 2 is 1.56 bits per heavy atom. The molecule has 2 heterocycles. The quantitative estimate of drug-likeness (QED) is 0.583. The van der Waals surface area contributed by atoms with Crippen LogP contribution in [0.1, 0.15) is 50.8 Å². The van der Waals surface area contributed by atoms with E-state index >= 15 is 0 Å². The van der Waals surface area contributed by atoms with Crippen LogP contribution in [0.15, 0.2) is 78.9 Å². The van der Waals surface area contributed by atoms with Crippen LogP contribution in [0.2, 0.25) is 0 Å². The second kappa shape index (κ2) is 9.51. The maximum atomic E-state index is 13.2. The van der Waals surface area contributed by atoms with Gasteiger partial charge >= 0.3 is 5.97 Å². The molecule has 172 valence electrons. The van der Waals surface area contributed by atoms with Gasteiger partial charge in [0.1, 0.15) is 6.10 Å². The van der Waals surface area contributed by atoms with Crippen LogP contribution in [-0.2, 0) is 16.0 Å². The lowest BCUT2D eigenvalue weighted by Gasteiger charge is -2.32. The molecule has 0 unspecified atom stereocenters. The molecular formula is C28H26N2O4. The third-order valence-corrected chi connectivity index (χ3v) is 6.59. The van der Waals surface area contributed by atoms with Crippen LogP contribution in [0.5, 0.6) is 0 Å². The van der Waals surface area contributed by atoms with Gasteiger partial charge in [0.2, 0.25) is 5.91 Å². The monoisotopic (exact) mass is 454 g/mol. The summed E-state index contributed by atoms with van der Waals surface area (Å²) in [5.41, 5.74) is 3.63. The average Bonchev–Trinajstić information content (AvgIpc) is 2.89. The molecule has 2 aliphatic heterocycles. The Labute approximate surface area is 198 Å². The first-order chi connectivity index (χ1) is 16.6. The normalized spacial score (nSPS) is 18.1. The SMILES string of the molecule is O=C1O[C@@H](c2ccccc2)Cc2cc(C(=O)N3CCC(C(=O)Nc4ccccc4)CC3)ccc21. The second-order valence-corrected chi connectivity index (χ2v) is 8.80. The molecule has 6 nitrogen and oxygen atoms in total. The van der Waals surface area contributed by atoms with Crippen LogP contribution in [0.4, 0.5) is 5.69 Å². The maximum absolute atomic E-state index is 13.2. The van der Waals surface area contributed by atoms with Gasteiger partial charge in [0.15, 0.2) is 0 Å². The number of likely N-dealkylation sites (tertiary alicyclic amines) is 1. The Bertz CT molecular complexity index is 1200. The number of amides is 2. The summed E-state index contributed by atoms with van der Waals surface area (Å²) < 4.78 is 5.62. The van der Waals surface area contributed by atoms with Gasteiger partial charge in [0.05, 0.1) is 5.56 Å². The first-order valence-corrected chi connectivity index (χ1v) is 11.6. The van der Waals surface area contributed by atoms with Crippen molar-refractivity contribution >= 4 is 23.5 Å². The van der Waals surface area contributed by atoms with E-state index in [0.29, 0.717) is 43.5 Å². The number of esters is 1. The van der Waals surface area contributed by atoms with E-state index in [2.05, 4.69) is 5.32 Å². The van der Waals surface area contributed by atoms with E-state index in [4.69, 9.17) is 4.74 Å². The summed E-state index contributed by atoms with van der Waals surface area (Å²) in [6.07, 6.45) is 1.43. The molecule has 2 aliphatic rings. The molecule has 1 N–H and O–H groups in total. The van der Waals surface area contributed by atoms with E-state index in [1.807, 2.05) is 66.7 Å². The van der Waals surface area contributed by atoms with Gasteiger partial charge in [-0.1, -0.05) is 48.5 Å². The van der Waals surface area contributed by atoms with Gasteiger partial charge in [-0.05, 0) is 54.3 Å². The number of carbonyl (C=O) groups is 3. The number of anilines is 1. The highest BCUT2D eigenvalue weighted by molar-refractivity contribution is 5.98. The molecule has 1 atom stereocenters. The molecule has 34 heavy (non-hydrogen) atoms. The Morgan fingerprint density at radius 3 is 2.26 bits per heavy atom. The zero-order valence-electron chi connectivity index (χ0n) is 18.8. The minimum Gasteiger partial charge on any atom is -0.454 e. The number of hydrogen-bond donors (Lipinski definition) is 1. The summed E-state index contributed by atoms with van der Waals surface area (Å²) in [5.74, 6) is -0.550. The molecule has 1 saturated heterocycles. The van der Waals surface area contributed by atoms with Crippen molar-refractivity contribution < 1.29 is 19.1 Å². The number of carbonyl (C=O) groups excluding carboxylic acids is 3. The Kier molecular flexibility index (Phi) is 6.12. The van der Waals surface area contributed by atoms with Gasteiger partial charge in [-0.25, -0.2) is 4.79 Å². The van der Waals surface area contributed by atoms with Crippen LogP contribution in [0.3, 0.4) is 0 Å². The van der Waals surface area contributed by atoms with Gasteiger partial charge in [0.25, 0.3) is 5.91 Å². The van der Waals surface area contributed by atoms with Crippen molar-refractivity contribution in [3.8, 4) is 0 Å². The Balaban J connectivity index is 1.24. The molecule has 0 saturated carbocycles. The van der Waals surface area contributed by atoms with Gasteiger partial charge < -0.3 is 15.0 Å². The van der Waals surface area contributed by atoms with E-state index in [1.165, 1.54) is 0 Å². The number of hydrogen-bond acceptors (Lipinski definition) is 4. The minimum atomic E-state index is -0.362. The van der Waals surface area contributed by atoms with Crippen molar-refractivity contribution in [3.63, 3.8) is 0 Å². The lowest BCUT2D eigenvalue weighted by molar-refractivity contribution is -0.121. The number of rotatable bonds is 4. The number of nitrogens with zero attached hydrogens (tertiary/aromatic N) is 1. The first kappa shape index (κ1) is 21.9. The van der Waals surface area contributed by atoms with Crippen molar-refractivity contribution in [1.82, 2.24) is 4.90 Å². The second-order valence-electron chi connectivity index (χ2n) is 8.80. The summed E-state index contributed by atoms with van der Waals surface area (Å²) in [6.45, 7) is 1.05. The fourth-order valence-corrected chi connectivity index (χ4v) is 4.68. The summed E-state index contributed by atoms with van der Waals surface area (Å²) in [5, 5.41) is 2.96. The van der Waals surface area contributed by atoms with Crippen molar-refractivity contribution in [2.45, 2.75) is 25.4 Å². The largest absolute Gasteiger partial charge is 0.454 e. The number of ether oxygens (including phenoxy) is 1. The van der Waals surface area contributed by atoms with Crippen LogP contribution < -0.4 is 5.32 Å². The number of fused-ring (bicyclic) bond motifs is 1. The van der Waals surface area contributed by atoms with Crippen LogP contribution >= 0.6 is 0 Å². The molecule has 0 spiro atoms. The molecule has 3 aromatic carbocycles. The smallest absolute Gasteiger partial charge is 0.339 e. The summed E-state index contributed by atoms with van der Waals surface area (Å²) in [4.78, 5) is 40.1. The van der Waals surface area contributed by atoms with E-state index in [-0.39, 0.29) is 29.8 Å². The van der Waals surface area contributed by atoms with E-state index < -0.39 is 0 Å². The first-order valence-electron chi connectivity index (χ1n) is 11.6. The highest BCUT2D eigenvalue weighted by Crippen LogP contribution is 2.31. The standard InChI is InChI=1S/C28H26N2O4/c31-26(29-23-9-5-2-6-10-23)20-13-15-30(16-14-20)27(32)21-11-12-24-22(17-21)18-25(34-28(24)33)19-7-3-1-4-8-19/h1-12,17,20,25H,13-16,18H2,(H,29,31)/t25-/m1/s1. The van der Waals surface area contributed by atoms with Crippen LogP contribution in [0, 0.1) is 5.92 Å². The van der Waals surface area contributed by atoms with E-state index in [1.54, 1.807) is 17.0 Å². The summed E-state index contributed by atoms with van der Waals surface area (Å²) >= 11 is 0. The minimum absolute atomic E-state index is 0.00227. The fourth-order valence-electron chi connectivity index (χ4n) is 4.68. The van der Waals surface area contributed by atoms with Crippen molar-refractivity contribution in [2.24, 2.45) is 5.92 Å². The number of cyclic esters (lactones) is 1. The number of benzene rings is 3. The zero-order chi connectivity index (χ0) is 23.5. The zero-order valence-corrected chi connectivity index (χ0v) is 18.8. The third-order valence-electron chi connectivity index (χ3n) is 6.59. The number of piperidine rings is 1. The van der Waals surface area contributed by atoms with Gasteiger partial charge in [-0.15, -0.1) is 0 Å². The molecule has 6 heteroatoms. The average molecular weight is 455 g/mol. The molecule has 0 radical (unpaired) electrons. The predicted molar refractivity (Wildman–Crippen MR) is 128 cm³/mol. The van der Waals surface area contributed by atoms with Crippen molar-refractivity contribution in [1.29, 1.82) is 0 Å². The highest BCUT2D eigenvalue weighted by atomic mass is 16.5. The van der Waals surface area contributed by atoms with E-state index in [9.17, 15) is 14.4 Å². The number of para-hydroxylation sites is 1. The van der Waals surface area contributed by atoms with Crippen molar-refractivity contribution in [3.05, 3.63) is 101 Å². The topological polar surface area (TPSA) is 75.7 Å². The third kappa shape index (κ3) is 4.57. The molecule has 0 bridgehead atoms. The van der Waals surface area contributed by atoms with Gasteiger partial charge in [0, 0.05) is 36.7 Å². The summed E-state index contributed by atoms with van der Waals surface area (Å²) in [6, 6.07) is 24.3. The number of nitrogens with one attached hydrogen (secondary N) is 1. The van der Waals surface area contributed by atoms with Crippen molar-refractivity contribution in [2.75, 3.05) is 18.4 Å². The lowest BCUT2D eigenvalue weighted by atomic mass is 9.92. The predicted octanol–water partition coefficient (Wildman–Crippen LogP) is 4.63. The molecule has 2 amide bonds. The van der Waals surface area contributed by atoms with E-state index in [0.717, 1.165) is 16.8 Å². The fraction of sp³-hybridized carbons (Fsp3) is 0.250. The lowest BCUT2D eigenvalue weighted by Crippen LogP contribution is -2.41. The molecule has 1 fully saturated rings. The maximum Gasteiger partial charge on any atom is 0.339 e. The molecular weight excluding hydrogens is 428 g/mol. The molecule has 0 aromatic heterocycles.